The van der Waals surface area contributed by atoms with Crippen molar-refractivity contribution in [2.45, 2.75) is 32.7 Å². The highest BCUT2D eigenvalue weighted by molar-refractivity contribution is 6.01. The molecule has 4 heteroatoms. The number of rotatable bonds is 2. The van der Waals surface area contributed by atoms with Crippen LogP contribution in [0, 0.1) is 13.8 Å². The Hall–Kier alpha value is -2.49. The molecule has 1 saturated heterocycles. The number of carbonyl (C=O) groups is 1. The summed E-state index contributed by atoms with van der Waals surface area (Å²) in [6.45, 7) is 4.86. The SMILES string of the molecule is Cc1ccc2[nH]c(C(=O)N3CCCC3c3ccco3)c(C)c2c1. The van der Waals surface area contributed by atoms with Crippen LogP contribution >= 0.6 is 0 Å². The molecule has 0 saturated carbocycles. The van der Waals surface area contributed by atoms with Crippen molar-refractivity contribution in [1.29, 1.82) is 0 Å². The van der Waals surface area contributed by atoms with Gasteiger partial charge >= 0.3 is 0 Å². The molecule has 1 aliphatic rings. The summed E-state index contributed by atoms with van der Waals surface area (Å²) in [6, 6.07) is 10.1. The maximum Gasteiger partial charge on any atom is 0.271 e. The summed E-state index contributed by atoms with van der Waals surface area (Å²) in [7, 11) is 0. The Morgan fingerprint density at radius 2 is 2.17 bits per heavy atom. The van der Waals surface area contributed by atoms with Gasteiger partial charge in [0, 0.05) is 17.4 Å². The highest BCUT2D eigenvalue weighted by Gasteiger charge is 2.33. The molecular weight excluding hydrogens is 288 g/mol. The largest absolute Gasteiger partial charge is 0.467 e. The fourth-order valence-corrected chi connectivity index (χ4v) is 3.58. The Morgan fingerprint density at radius 3 is 2.96 bits per heavy atom. The Labute approximate surface area is 135 Å². The van der Waals surface area contributed by atoms with Crippen LogP contribution in [0.2, 0.25) is 0 Å². The van der Waals surface area contributed by atoms with E-state index in [0.717, 1.165) is 41.6 Å². The zero-order chi connectivity index (χ0) is 16.0. The van der Waals surface area contributed by atoms with E-state index in [4.69, 9.17) is 4.42 Å². The first-order valence-electron chi connectivity index (χ1n) is 8.08. The number of hydrogen-bond donors (Lipinski definition) is 1. The molecule has 1 atom stereocenters. The van der Waals surface area contributed by atoms with Crippen molar-refractivity contribution >= 4 is 16.8 Å². The Bertz CT molecular complexity index is 861. The monoisotopic (exact) mass is 308 g/mol. The van der Waals surface area contributed by atoms with E-state index in [1.54, 1.807) is 6.26 Å². The number of amides is 1. The van der Waals surface area contributed by atoms with Crippen LogP contribution in [0.15, 0.2) is 41.0 Å². The fourth-order valence-electron chi connectivity index (χ4n) is 3.58. The lowest BCUT2D eigenvalue weighted by molar-refractivity contribution is 0.0714. The lowest BCUT2D eigenvalue weighted by Gasteiger charge is -2.23. The minimum atomic E-state index is 0.0463. The number of benzene rings is 1. The number of hydrogen-bond acceptors (Lipinski definition) is 2. The number of nitrogens with zero attached hydrogens (tertiary/aromatic N) is 1. The van der Waals surface area contributed by atoms with E-state index in [1.165, 1.54) is 5.56 Å². The van der Waals surface area contributed by atoms with Crippen LogP contribution in [-0.4, -0.2) is 22.3 Å². The molecule has 3 aromatic rings. The molecule has 4 rings (SSSR count). The van der Waals surface area contributed by atoms with E-state index in [1.807, 2.05) is 30.0 Å². The molecule has 0 bridgehead atoms. The molecule has 1 unspecified atom stereocenters. The minimum Gasteiger partial charge on any atom is -0.467 e. The molecule has 3 heterocycles. The standard InChI is InChI=1S/C19H20N2O2/c1-12-7-8-15-14(11-12)13(2)18(20-15)19(22)21-9-3-5-16(21)17-6-4-10-23-17/h4,6-8,10-11,16,20H,3,5,9H2,1-2H3. The van der Waals surface area contributed by atoms with Gasteiger partial charge in [-0.05, 0) is 56.5 Å². The maximum absolute atomic E-state index is 13.1. The van der Waals surface area contributed by atoms with Crippen LogP contribution in [0.3, 0.4) is 0 Å². The molecule has 1 amide bonds. The molecule has 23 heavy (non-hydrogen) atoms. The van der Waals surface area contributed by atoms with Gasteiger partial charge in [-0.2, -0.15) is 0 Å². The van der Waals surface area contributed by atoms with Crippen LogP contribution < -0.4 is 0 Å². The lowest BCUT2D eigenvalue weighted by atomic mass is 10.1. The number of fused-ring (bicyclic) bond motifs is 1. The summed E-state index contributed by atoms with van der Waals surface area (Å²) in [5.74, 6) is 0.940. The van der Waals surface area contributed by atoms with E-state index >= 15 is 0 Å². The lowest BCUT2D eigenvalue weighted by Crippen LogP contribution is -2.31. The van der Waals surface area contributed by atoms with E-state index in [9.17, 15) is 4.79 Å². The number of likely N-dealkylation sites (tertiary alicyclic amines) is 1. The van der Waals surface area contributed by atoms with Gasteiger partial charge in [-0.1, -0.05) is 11.6 Å². The molecule has 118 valence electrons. The highest BCUT2D eigenvalue weighted by Crippen LogP contribution is 2.34. The molecule has 1 aromatic carbocycles. The number of furan rings is 1. The minimum absolute atomic E-state index is 0.0463. The van der Waals surface area contributed by atoms with E-state index in [2.05, 4.69) is 24.0 Å². The van der Waals surface area contributed by atoms with Gasteiger partial charge in [-0.15, -0.1) is 0 Å². The fraction of sp³-hybridized carbons (Fsp3) is 0.316. The van der Waals surface area contributed by atoms with E-state index in [0.29, 0.717) is 5.69 Å². The highest BCUT2D eigenvalue weighted by atomic mass is 16.3. The number of nitrogens with one attached hydrogen (secondary N) is 1. The Morgan fingerprint density at radius 1 is 1.30 bits per heavy atom. The predicted octanol–water partition coefficient (Wildman–Crippen LogP) is 4.36. The number of H-pyrrole nitrogens is 1. The predicted molar refractivity (Wildman–Crippen MR) is 89.5 cm³/mol. The molecule has 1 N–H and O–H groups in total. The maximum atomic E-state index is 13.1. The topological polar surface area (TPSA) is 49.2 Å². The van der Waals surface area contributed by atoms with Gasteiger partial charge in [-0.3, -0.25) is 4.79 Å². The summed E-state index contributed by atoms with van der Waals surface area (Å²) < 4.78 is 5.53. The van der Waals surface area contributed by atoms with Crippen molar-refractivity contribution < 1.29 is 9.21 Å². The van der Waals surface area contributed by atoms with Crippen LogP contribution in [0.1, 0.15) is 46.3 Å². The third-order valence-corrected chi connectivity index (χ3v) is 4.81. The van der Waals surface area contributed by atoms with Crippen molar-refractivity contribution in [3.63, 3.8) is 0 Å². The Balaban J connectivity index is 1.73. The first-order valence-corrected chi connectivity index (χ1v) is 8.08. The second-order valence-corrected chi connectivity index (χ2v) is 6.35. The van der Waals surface area contributed by atoms with E-state index in [-0.39, 0.29) is 11.9 Å². The van der Waals surface area contributed by atoms with Crippen LogP contribution in [-0.2, 0) is 0 Å². The van der Waals surface area contributed by atoms with Crippen molar-refractivity contribution in [2.24, 2.45) is 0 Å². The smallest absolute Gasteiger partial charge is 0.271 e. The van der Waals surface area contributed by atoms with Crippen molar-refractivity contribution in [1.82, 2.24) is 9.88 Å². The van der Waals surface area contributed by atoms with Gasteiger partial charge in [0.1, 0.15) is 11.5 Å². The summed E-state index contributed by atoms with van der Waals surface area (Å²) in [4.78, 5) is 18.3. The third-order valence-electron chi connectivity index (χ3n) is 4.81. The van der Waals surface area contributed by atoms with Gasteiger partial charge < -0.3 is 14.3 Å². The molecule has 0 aliphatic carbocycles. The normalized spacial score (nSPS) is 18.0. The molecule has 1 fully saturated rings. The second kappa shape index (κ2) is 5.30. The van der Waals surface area contributed by atoms with Crippen molar-refractivity contribution in [2.75, 3.05) is 6.54 Å². The van der Waals surface area contributed by atoms with Gasteiger partial charge in [0.05, 0.1) is 12.3 Å². The second-order valence-electron chi connectivity index (χ2n) is 6.35. The van der Waals surface area contributed by atoms with Crippen molar-refractivity contribution in [3.8, 4) is 0 Å². The number of aryl methyl sites for hydroxylation is 2. The number of aromatic amines is 1. The third kappa shape index (κ3) is 2.25. The molecule has 2 aromatic heterocycles. The summed E-state index contributed by atoms with van der Waals surface area (Å²) >= 11 is 0. The van der Waals surface area contributed by atoms with Gasteiger partial charge in [0.2, 0.25) is 0 Å². The Kier molecular flexibility index (Phi) is 3.26. The molecular formula is C19H20N2O2. The van der Waals surface area contributed by atoms with Crippen LogP contribution in [0.4, 0.5) is 0 Å². The molecule has 0 radical (unpaired) electrons. The molecule has 0 spiro atoms. The van der Waals surface area contributed by atoms with Crippen LogP contribution in [0.5, 0.6) is 0 Å². The van der Waals surface area contributed by atoms with Crippen molar-refractivity contribution in [3.05, 3.63) is 59.2 Å². The average Bonchev–Trinajstić information content (AvgIpc) is 3.26. The molecule has 4 nitrogen and oxygen atoms in total. The quantitative estimate of drug-likeness (QED) is 0.765. The zero-order valence-corrected chi connectivity index (χ0v) is 13.4. The van der Waals surface area contributed by atoms with E-state index < -0.39 is 0 Å². The van der Waals surface area contributed by atoms with Gasteiger partial charge in [0.15, 0.2) is 0 Å². The number of aromatic nitrogens is 1. The molecule has 1 aliphatic heterocycles. The number of carbonyl (C=O) groups excluding carboxylic acids is 1. The van der Waals surface area contributed by atoms with Gasteiger partial charge in [-0.25, -0.2) is 0 Å². The summed E-state index contributed by atoms with van der Waals surface area (Å²) in [6.07, 6.45) is 3.64. The van der Waals surface area contributed by atoms with Gasteiger partial charge in [0.25, 0.3) is 5.91 Å². The average molecular weight is 308 g/mol. The summed E-state index contributed by atoms with van der Waals surface area (Å²) in [5.41, 5.74) is 3.95. The first-order chi connectivity index (χ1) is 11.1. The first kappa shape index (κ1) is 14.1. The zero-order valence-electron chi connectivity index (χ0n) is 13.4. The summed E-state index contributed by atoms with van der Waals surface area (Å²) in [5, 5.41) is 1.13. The van der Waals surface area contributed by atoms with Crippen LogP contribution in [0.25, 0.3) is 10.9 Å².